The molecule has 1 atom stereocenters. The fraction of sp³-hybridized carbons (Fsp3) is 0.533. The van der Waals surface area contributed by atoms with E-state index < -0.39 is 0 Å². The Morgan fingerprint density at radius 2 is 2.29 bits per heavy atom. The van der Waals surface area contributed by atoms with Gasteiger partial charge in [0.2, 0.25) is 0 Å². The lowest BCUT2D eigenvalue weighted by atomic mass is 10.2. The summed E-state index contributed by atoms with van der Waals surface area (Å²) in [5.74, 6) is 0.0610. The van der Waals surface area contributed by atoms with Crippen LogP contribution in [0, 0.1) is 0 Å². The van der Waals surface area contributed by atoms with E-state index in [4.69, 9.17) is 0 Å². The summed E-state index contributed by atoms with van der Waals surface area (Å²) in [6.45, 7) is 8.07. The maximum Gasteiger partial charge on any atom is 0.282 e. The third-order valence-corrected chi connectivity index (χ3v) is 5.18. The van der Waals surface area contributed by atoms with Crippen molar-refractivity contribution in [3.8, 4) is 0 Å². The van der Waals surface area contributed by atoms with Gasteiger partial charge >= 0.3 is 0 Å². The van der Waals surface area contributed by atoms with Crippen molar-refractivity contribution in [1.29, 1.82) is 0 Å². The highest BCUT2D eigenvalue weighted by molar-refractivity contribution is 7.20. The van der Waals surface area contributed by atoms with Crippen molar-refractivity contribution in [3.05, 3.63) is 23.5 Å². The van der Waals surface area contributed by atoms with Gasteiger partial charge in [-0.25, -0.2) is 4.98 Å². The lowest BCUT2D eigenvalue weighted by Gasteiger charge is -2.25. The standard InChI is InChI=1S/C15H20N4OS/c1-3-18(4-2)11-6-8-19(10-11)15(20)14-17-12-9-16-7-5-13(12)21-14/h5,7,9,11H,3-4,6,8,10H2,1-2H3. The number of hydrogen-bond acceptors (Lipinski definition) is 5. The highest BCUT2D eigenvalue weighted by Gasteiger charge is 2.30. The zero-order valence-corrected chi connectivity index (χ0v) is 13.3. The van der Waals surface area contributed by atoms with E-state index in [0.29, 0.717) is 11.0 Å². The smallest absolute Gasteiger partial charge is 0.282 e. The Kier molecular flexibility index (Phi) is 4.17. The monoisotopic (exact) mass is 304 g/mol. The first kappa shape index (κ1) is 14.4. The summed E-state index contributed by atoms with van der Waals surface area (Å²) in [4.78, 5) is 25.4. The van der Waals surface area contributed by atoms with Crippen LogP contribution in [0.2, 0.25) is 0 Å². The number of rotatable bonds is 4. The van der Waals surface area contributed by atoms with Crippen LogP contribution >= 0.6 is 11.3 Å². The van der Waals surface area contributed by atoms with E-state index >= 15 is 0 Å². The van der Waals surface area contributed by atoms with Crippen molar-refractivity contribution < 1.29 is 4.79 Å². The van der Waals surface area contributed by atoms with Crippen molar-refractivity contribution in [3.63, 3.8) is 0 Å². The molecule has 5 nitrogen and oxygen atoms in total. The Hall–Kier alpha value is -1.53. The second kappa shape index (κ2) is 6.07. The molecule has 21 heavy (non-hydrogen) atoms. The maximum absolute atomic E-state index is 12.6. The summed E-state index contributed by atoms with van der Waals surface area (Å²) in [5.41, 5.74) is 0.810. The molecule has 0 spiro atoms. The Balaban J connectivity index is 1.74. The molecule has 0 saturated carbocycles. The number of nitrogens with zero attached hydrogens (tertiary/aromatic N) is 4. The minimum Gasteiger partial charge on any atom is -0.335 e. The summed E-state index contributed by atoms with van der Waals surface area (Å²) < 4.78 is 1.02. The van der Waals surface area contributed by atoms with Gasteiger partial charge < -0.3 is 4.90 Å². The van der Waals surface area contributed by atoms with Crippen molar-refractivity contribution in [1.82, 2.24) is 19.8 Å². The van der Waals surface area contributed by atoms with E-state index in [1.54, 1.807) is 12.4 Å². The van der Waals surface area contributed by atoms with Crippen molar-refractivity contribution >= 4 is 27.5 Å². The Bertz CT molecular complexity index is 604. The number of fused-ring (bicyclic) bond motifs is 1. The van der Waals surface area contributed by atoms with E-state index in [2.05, 4.69) is 28.7 Å². The van der Waals surface area contributed by atoms with Gasteiger partial charge in [0.15, 0.2) is 5.01 Å². The van der Waals surface area contributed by atoms with Gasteiger partial charge in [-0.2, -0.15) is 0 Å². The van der Waals surface area contributed by atoms with Gasteiger partial charge in [-0.3, -0.25) is 14.7 Å². The van der Waals surface area contributed by atoms with E-state index in [0.717, 1.165) is 42.8 Å². The molecule has 3 heterocycles. The summed E-state index contributed by atoms with van der Waals surface area (Å²) in [6.07, 6.45) is 4.51. The highest BCUT2D eigenvalue weighted by atomic mass is 32.1. The fourth-order valence-corrected chi connectivity index (χ4v) is 3.87. The minimum atomic E-state index is 0.0610. The van der Waals surface area contributed by atoms with E-state index in [1.807, 2.05) is 11.0 Å². The number of thiazole rings is 1. The number of hydrogen-bond donors (Lipinski definition) is 0. The molecule has 0 aromatic carbocycles. The molecule has 1 aliphatic heterocycles. The first-order chi connectivity index (χ1) is 10.2. The van der Waals surface area contributed by atoms with Gasteiger partial charge in [0.1, 0.15) is 5.52 Å². The maximum atomic E-state index is 12.6. The number of carbonyl (C=O) groups is 1. The summed E-state index contributed by atoms with van der Waals surface area (Å²) in [5, 5.41) is 0.582. The lowest BCUT2D eigenvalue weighted by Crippen LogP contribution is -2.38. The van der Waals surface area contributed by atoms with Gasteiger partial charge in [0.25, 0.3) is 5.91 Å². The van der Waals surface area contributed by atoms with Gasteiger partial charge in [-0.15, -0.1) is 11.3 Å². The minimum absolute atomic E-state index is 0.0610. The Morgan fingerprint density at radius 3 is 3.00 bits per heavy atom. The van der Waals surface area contributed by atoms with Gasteiger partial charge in [0, 0.05) is 25.3 Å². The van der Waals surface area contributed by atoms with Crippen LogP contribution in [0.3, 0.4) is 0 Å². The highest BCUT2D eigenvalue weighted by Crippen LogP contribution is 2.24. The van der Waals surface area contributed by atoms with Gasteiger partial charge in [0.05, 0.1) is 10.9 Å². The first-order valence-electron chi connectivity index (χ1n) is 7.46. The topological polar surface area (TPSA) is 49.3 Å². The van der Waals surface area contributed by atoms with Crippen LogP contribution in [0.1, 0.15) is 30.1 Å². The second-order valence-corrected chi connectivity index (χ2v) is 6.31. The molecule has 1 unspecified atom stereocenters. The number of carbonyl (C=O) groups excluding carboxylic acids is 1. The lowest BCUT2D eigenvalue weighted by molar-refractivity contribution is 0.0778. The third kappa shape index (κ3) is 2.78. The molecule has 0 radical (unpaired) electrons. The van der Waals surface area contributed by atoms with Crippen LogP contribution in [0.15, 0.2) is 18.5 Å². The van der Waals surface area contributed by atoms with Crippen LogP contribution in [-0.2, 0) is 0 Å². The number of aromatic nitrogens is 2. The van der Waals surface area contributed by atoms with E-state index in [-0.39, 0.29) is 5.91 Å². The molecular weight excluding hydrogens is 284 g/mol. The SMILES string of the molecule is CCN(CC)C1CCN(C(=O)c2nc3cnccc3s2)C1. The van der Waals surface area contributed by atoms with Crippen molar-refractivity contribution in [2.75, 3.05) is 26.2 Å². The largest absolute Gasteiger partial charge is 0.335 e. The average molecular weight is 304 g/mol. The molecule has 2 aromatic heterocycles. The first-order valence-corrected chi connectivity index (χ1v) is 8.28. The zero-order valence-electron chi connectivity index (χ0n) is 12.5. The Morgan fingerprint density at radius 1 is 1.48 bits per heavy atom. The van der Waals surface area contributed by atoms with Crippen LogP contribution in [0.4, 0.5) is 0 Å². The number of pyridine rings is 1. The second-order valence-electron chi connectivity index (χ2n) is 5.28. The molecule has 1 aliphatic rings. The van der Waals surface area contributed by atoms with Crippen LogP contribution < -0.4 is 0 Å². The van der Waals surface area contributed by atoms with Crippen molar-refractivity contribution in [2.24, 2.45) is 0 Å². The summed E-state index contributed by atoms with van der Waals surface area (Å²) in [6, 6.07) is 2.40. The molecule has 112 valence electrons. The van der Waals surface area contributed by atoms with Crippen molar-refractivity contribution in [2.45, 2.75) is 26.3 Å². The van der Waals surface area contributed by atoms with Crippen LogP contribution in [0.25, 0.3) is 10.2 Å². The molecule has 3 rings (SSSR count). The fourth-order valence-electron chi connectivity index (χ4n) is 2.97. The summed E-state index contributed by atoms with van der Waals surface area (Å²) in [7, 11) is 0. The molecule has 1 saturated heterocycles. The molecule has 0 N–H and O–H groups in total. The molecule has 0 bridgehead atoms. The number of likely N-dealkylation sites (tertiary alicyclic amines) is 1. The molecule has 1 fully saturated rings. The van der Waals surface area contributed by atoms with Crippen LogP contribution in [0.5, 0.6) is 0 Å². The summed E-state index contributed by atoms with van der Waals surface area (Å²) >= 11 is 1.46. The van der Waals surface area contributed by atoms with Gasteiger partial charge in [-0.05, 0) is 25.6 Å². The Labute approximate surface area is 128 Å². The molecular formula is C15H20N4OS. The van der Waals surface area contributed by atoms with E-state index in [1.165, 1.54) is 11.3 Å². The van der Waals surface area contributed by atoms with Crippen LogP contribution in [-0.4, -0.2) is 57.9 Å². The third-order valence-electron chi connectivity index (χ3n) is 4.15. The zero-order chi connectivity index (χ0) is 14.8. The quantitative estimate of drug-likeness (QED) is 0.869. The van der Waals surface area contributed by atoms with Gasteiger partial charge in [-0.1, -0.05) is 13.8 Å². The van der Waals surface area contributed by atoms with E-state index in [9.17, 15) is 4.79 Å². The molecule has 2 aromatic rings. The normalized spacial score (nSPS) is 18.8. The molecule has 6 heteroatoms. The average Bonchev–Trinajstić information content (AvgIpc) is 3.14. The number of amides is 1. The number of likely N-dealkylation sites (N-methyl/N-ethyl adjacent to an activating group) is 1. The molecule has 1 amide bonds. The predicted molar refractivity (Wildman–Crippen MR) is 84.6 cm³/mol. The molecule has 0 aliphatic carbocycles. The predicted octanol–water partition coefficient (Wildman–Crippen LogP) is 2.25.